The predicted octanol–water partition coefficient (Wildman–Crippen LogP) is 6.15. The van der Waals surface area contributed by atoms with Crippen LogP contribution in [0, 0.1) is 6.92 Å². The highest BCUT2D eigenvalue weighted by atomic mass is 35.5. The van der Waals surface area contributed by atoms with Gasteiger partial charge in [-0.2, -0.15) is 0 Å². The summed E-state index contributed by atoms with van der Waals surface area (Å²) in [5, 5.41) is 0.992. The van der Waals surface area contributed by atoms with Gasteiger partial charge in [-0.15, -0.1) is 6.58 Å². The first-order chi connectivity index (χ1) is 14.4. The third kappa shape index (κ3) is 5.58. The number of rotatable bonds is 8. The van der Waals surface area contributed by atoms with Crippen LogP contribution in [0.3, 0.4) is 0 Å². The molecule has 4 nitrogen and oxygen atoms in total. The zero-order valence-corrected chi connectivity index (χ0v) is 19.3. The van der Waals surface area contributed by atoms with Crippen molar-refractivity contribution in [1.82, 2.24) is 4.90 Å². The number of hydrogen-bond donors (Lipinski definition) is 0. The fourth-order valence-electron chi connectivity index (χ4n) is 2.74. The molecule has 1 aliphatic rings. The van der Waals surface area contributed by atoms with Gasteiger partial charge in [0.25, 0.3) is 5.91 Å². The molecule has 0 atom stereocenters. The summed E-state index contributed by atoms with van der Waals surface area (Å²) in [6.07, 6.45) is 3.46. The topological polar surface area (TPSA) is 38.8 Å². The van der Waals surface area contributed by atoms with Gasteiger partial charge in [0.1, 0.15) is 29.0 Å². The summed E-state index contributed by atoms with van der Waals surface area (Å²) in [7, 11) is 0. The number of nitrogens with zero attached hydrogens (tertiary/aromatic N) is 1. The zero-order valence-electron chi connectivity index (χ0n) is 16.2. The molecule has 30 heavy (non-hydrogen) atoms. The fourth-order valence-corrected chi connectivity index (χ4v) is 4.46. The Kier molecular flexibility index (Phi) is 7.83. The Labute approximate surface area is 195 Å². The molecule has 2 aromatic carbocycles. The first kappa shape index (κ1) is 22.7. The number of carbonyl (C=O) groups excluding carboxylic acids is 1. The number of amides is 1. The van der Waals surface area contributed by atoms with Crippen LogP contribution in [0.2, 0.25) is 10.0 Å². The van der Waals surface area contributed by atoms with E-state index in [2.05, 4.69) is 6.58 Å². The van der Waals surface area contributed by atoms with Gasteiger partial charge in [-0.05, 0) is 43.3 Å². The lowest BCUT2D eigenvalue weighted by Gasteiger charge is -2.12. The Hall–Kier alpha value is -1.99. The largest absolute Gasteiger partial charge is 0.489 e. The van der Waals surface area contributed by atoms with Gasteiger partial charge in [0.2, 0.25) is 0 Å². The highest BCUT2D eigenvalue weighted by Crippen LogP contribution is 2.34. The van der Waals surface area contributed by atoms with Crippen molar-refractivity contribution in [3.05, 3.63) is 75.1 Å². The van der Waals surface area contributed by atoms with Gasteiger partial charge in [0.05, 0.1) is 9.93 Å². The summed E-state index contributed by atoms with van der Waals surface area (Å²) in [5.41, 5.74) is 1.86. The molecule has 0 aliphatic carbocycles. The molecule has 2 aromatic rings. The van der Waals surface area contributed by atoms with Crippen LogP contribution in [0.1, 0.15) is 11.1 Å². The maximum Gasteiger partial charge on any atom is 0.266 e. The van der Waals surface area contributed by atoms with E-state index in [4.69, 9.17) is 44.9 Å². The predicted molar refractivity (Wildman–Crippen MR) is 129 cm³/mol. The van der Waals surface area contributed by atoms with Crippen molar-refractivity contribution in [2.24, 2.45) is 0 Å². The number of thiocarbonyl (C=S) groups is 1. The molecule has 0 unspecified atom stereocenters. The van der Waals surface area contributed by atoms with Crippen molar-refractivity contribution in [2.45, 2.75) is 6.92 Å². The first-order valence-corrected chi connectivity index (χ1v) is 11.0. The summed E-state index contributed by atoms with van der Waals surface area (Å²) in [5.74, 6) is 1.07. The van der Waals surface area contributed by atoms with Crippen LogP contribution in [-0.2, 0) is 4.79 Å². The van der Waals surface area contributed by atoms with E-state index in [0.29, 0.717) is 50.5 Å². The van der Waals surface area contributed by atoms with E-state index >= 15 is 0 Å². The molecular weight excluding hydrogens is 461 g/mol. The molecule has 1 saturated heterocycles. The van der Waals surface area contributed by atoms with Crippen molar-refractivity contribution < 1.29 is 14.3 Å². The number of halogens is 2. The van der Waals surface area contributed by atoms with E-state index in [1.165, 1.54) is 16.7 Å². The van der Waals surface area contributed by atoms with Crippen LogP contribution in [-0.4, -0.2) is 34.9 Å². The second-order valence-electron chi connectivity index (χ2n) is 6.39. The fraction of sp³-hybridized carbons (Fsp3) is 0.182. The zero-order chi connectivity index (χ0) is 21.7. The summed E-state index contributed by atoms with van der Waals surface area (Å²) in [6.45, 7) is 6.65. The summed E-state index contributed by atoms with van der Waals surface area (Å²) >= 11 is 18.6. The molecule has 8 heteroatoms. The minimum Gasteiger partial charge on any atom is -0.489 e. The molecule has 3 rings (SSSR count). The van der Waals surface area contributed by atoms with E-state index in [0.717, 1.165) is 11.1 Å². The number of aryl methyl sites for hydroxylation is 1. The van der Waals surface area contributed by atoms with Crippen LogP contribution in [0.25, 0.3) is 6.08 Å². The first-order valence-electron chi connectivity index (χ1n) is 9.06. The number of thioether (sulfide) groups is 1. The molecule has 0 saturated carbocycles. The number of hydrogen-bond acceptors (Lipinski definition) is 5. The van der Waals surface area contributed by atoms with Crippen molar-refractivity contribution in [2.75, 3.05) is 19.8 Å². The lowest BCUT2D eigenvalue weighted by molar-refractivity contribution is -0.121. The van der Waals surface area contributed by atoms with Crippen LogP contribution < -0.4 is 9.47 Å². The number of carbonyl (C=O) groups is 1. The molecule has 0 spiro atoms. The van der Waals surface area contributed by atoms with Crippen LogP contribution >= 0.6 is 47.2 Å². The molecule has 1 fully saturated rings. The van der Waals surface area contributed by atoms with Gasteiger partial charge in [-0.25, -0.2) is 0 Å². The third-order valence-electron chi connectivity index (χ3n) is 4.13. The normalized spacial score (nSPS) is 15.0. The molecule has 1 heterocycles. The smallest absolute Gasteiger partial charge is 0.266 e. The van der Waals surface area contributed by atoms with Gasteiger partial charge in [0.15, 0.2) is 0 Å². The van der Waals surface area contributed by atoms with Crippen molar-refractivity contribution in [3.8, 4) is 11.5 Å². The minimum atomic E-state index is -0.127. The van der Waals surface area contributed by atoms with Gasteiger partial charge in [-0.3, -0.25) is 9.69 Å². The van der Waals surface area contributed by atoms with Gasteiger partial charge >= 0.3 is 0 Å². The Morgan fingerprint density at radius 2 is 1.83 bits per heavy atom. The highest BCUT2D eigenvalue weighted by Gasteiger charge is 2.31. The molecular formula is C22H19Cl2NO3S2. The van der Waals surface area contributed by atoms with Crippen molar-refractivity contribution in [1.29, 1.82) is 0 Å². The molecule has 0 bridgehead atoms. The van der Waals surface area contributed by atoms with Crippen molar-refractivity contribution >= 4 is 63.5 Å². The number of ether oxygens (including phenoxy) is 2. The van der Waals surface area contributed by atoms with E-state index in [-0.39, 0.29) is 5.91 Å². The quantitative estimate of drug-likeness (QED) is 0.196. The standard InChI is InChI=1S/C22H19Cl2NO3S2/c1-3-8-25-21(26)20(30-22(25)29)12-15-11-14(2)4-6-18(15)27-9-10-28-19-7-5-16(23)13-17(19)24/h3-7,11-13H,1,8-10H2,2H3/b20-12-. The number of benzene rings is 2. The Bertz CT molecular complexity index is 1020. The van der Waals surface area contributed by atoms with Gasteiger partial charge in [0, 0.05) is 17.1 Å². The van der Waals surface area contributed by atoms with Gasteiger partial charge in [-0.1, -0.05) is 64.9 Å². The third-order valence-corrected chi connectivity index (χ3v) is 6.04. The lowest BCUT2D eigenvalue weighted by atomic mass is 10.1. The Balaban J connectivity index is 1.69. The Morgan fingerprint density at radius 1 is 1.13 bits per heavy atom. The maximum absolute atomic E-state index is 12.6. The van der Waals surface area contributed by atoms with Crippen LogP contribution in [0.5, 0.6) is 11.5 Å². The highest BCUT2D eigenvalue weighted by molar-refractivity contribution is 8.26. The van der Waals surface area contributed by atoms with Crippen LogP contribution in [0.15, 0.2) is 54.0 Å². The van der Waals surface area contributed by atoms with E-state index in [9.17, 15) is 4.79 Å². The summed E-state index contributed by atoms with van der Waals surface area (Å²) in [6, 6.07) is 10.8. The Morgan fingerprint density at radius 3 is 2.53 bits per heavy atom. The minimum absolute atomic E-state index is 0.127. The van der Waals surface area contributed by atoms with Crippen molar-refractivity contribution in [3.63, 3.8) is 0 Å². The molecule has 0 N–H and O–H groups in total. The summed E-state index contributed by atoms with van der Waals surface area (Å²) in [4.78, 5) is 14.7. The molecule has 156 valence electrons. The lowest BCUT2D eigenvalue weighted by Crippen LogP contribution is -2.27. The maximum atomic E-state index is 12.6. The molecule has 1 aliphatic heterocycles. The van der Waals surface area contributed by atoms with Gasteiger partial charge < -0.3 is 9.47 Å². The average molecular weight is 480 g/mol. The monoisotopic (exact) mass is 479 g/mol. The molecule has 1 amide bonds. The average Bonchev–Trinajstić information content (AvgIpc) is 2.96. The van der Waals surface area contributed by atoms with Crippen LogP contribution in [0.4, 0.5) is 0 Å². The van der Waals surface area contributed by atoms with E-state index < -0.39 is 0 Å². The second-order valence-corrected chi connectivity index (χ2v) is 8.91. The van der Waals surface area contributed by atoms with E-state index in [1.807, 2.05) is 31.2 Å². The molecule has 0 aromatic heterocycles. The van der Waals surface area contributed by atoms with E-state index in [1.54, 1.807) is 24.3 Å². The SMILES string of the molecule is C=CCN1C(=O)/C(=C/c2cc(C)ccc2OCCOc2ccc(Cl)cc2Cl)SC1=S. The second kappa shape index (κ2) is 10.4. The summed E-state index contributed by atoms with van der Waals surface area (Å²) < 4.78 is 12.1. The molecule has 0 radical (unpaired) electrons.